The van der Waals surface area contributed by atoms with Gasteiger partial charge >= 0.3 is 20.3 Å². The Bertz CT molecular complexity index is 734. The molecule has 4 rings (SSSR count). The molecule has 0 saturated carbocycles. The largest absolute Gasteiger partial charge is 1.00 e. The third-order valence-electron chi connectivity index (χ3n) is 3.26. The summed E-state index contributed by atoms with van der Waals surface area (Å²) in [4.78, 5) is 24.0. The Morgan fingerprint density at radius 1 is 0.750 bits per heavy atom. The van der Waals surface area contributed by atoms with Gasteiger partial charge < -0.3 is 23.9 Å². The van der Waals surface area contributed by atoms with E-state index >= 15 is 0 Å². The third kappa shape index (κ3) is 2.79. The molecule has 2 aromatic rings. The Hall–Kier alpha value is -3.00. The molecule has 1 spiro atoms. The maximum atomic E-state index is 12.0. The topological polar surface area (TPSA) is 83.1 Å². The Morgan fingerprint density at radius 2 is 1.12 bits per heavy atom. The molecule has 124 valence electrons. The number of carbonyl (C=O) groups excluding carboxylic acids is 2. The van der Waals surface area contributed by atoms with Crippen LogP contribution in [0.5, 0.6) is 11.5 Å². The van der Waals surface area contributed by atoms with Gasteiger partial charge in [0.1, 0.15) is 0 Å². The van der Waals surface area contributed by atoms with Gasteiger partial charge in [-0.15, -0.1) is 0 Å². The van der Waals surface area contributed by atoms with E-state index in [1.54, 1.807) is 48.5 Å². The van der Waals surface area contributed by atoms with Crippen LogP contribution >= 0.6 is 0 Å². The van der Waals surface area contributed by atoms with Crippen LogP contribution in [0.1, 0.15) is 22.1 Å². The van der Waals surface area contributed by atoms with Crippen LogP contribution in [0.2, 0.25) is 0 Å². The molecule has 0 amide bonds. The second kappa shape index (κ2) is 6.25. The molecule has 24 heavy (non-hydrogen) atoms. The van der Waals surface area contributed by atoms with E-state index in [1.807, 2.05) is 14.1 Å². The lowest BCUT2D eigenvalue weighted by molar-refractivity contribution is 0.0178. The van der Waals surface area contributed by atoms with Gasteiger partial charge in [-0.1, -0.05) is 24.3 Å². The molecule has 0 aromatic heterocycles. The number of rotatable bonds is 0. The summed E-state index contributed by atoms with van der Waals surface area (Å²) in [6.45, 7) is -2.97. The molecule has 0 saturated heterocycles. The van der Waals surface area contributed by atoms with Gasteiger partial charge in [0.05, 0.1) is 22.6 Å². The summed E-state index contributed by atoms with van der Waals surface area (Å²) < 4.78 is 21.2. The number of fused-ring (bicyclic) bond motifs is 2. The zero-order chi connectivity index (χ0) is 17.2. The van der Waals surface area contributed by atoms with Crippen molar-refractivity contribution in [3.8, 4) is 11.5 Å². The lowest BCUT2D eigenvalue weighted by Gasteiger charge is -2.45. The highest BCUT2D eigenvalue weighted by molar-refractivity contribution is 6.61. The van der Waals surface area contributed by atoms with Crippen molar-refractivity contribution < 1.29 is 29.6 Å². The minimum Gasteiger partial charge on any atom is -0.610 e. The van der Waals surface area contributed by atoms with Gasteiger partial charge in [0.25, 0.3) is 0 Å². The third-order valence-corrected chi connectivity index (χ3v) is 3.26. The molecule has 7 nitrogen and oxygen atoms in total. The number of nitrogens with one attached hydrogen (secondary N) is 1. The summed E-state index contributed by atoms with van der Waals surface area (Å²) in [5, 5.41) is 2.75. The molecule has 0 aliphatic carbocycles. The Morgan fingerprint density at radius 3 is 1.54 bits per heavy atom. The van der Waals surface area contributed by atoms with E-state index in [9.17, 15) is 9.59 Å². The van der Waals surface area contributed by atoms with Gasteiger partial charge in [0, 0.05) is 0 Å². The fourth-order valence-corrected chi connectivity index (χ4v) is 2.32. The number of carbonyl (C=O) groups is 2. The average molecular weight is 329 g/mol. The zero-order valence-corrected chi connectivity index (χ0v) is 13.1. The first-order valence-corrected chi connectivity index (χ1v) is 7.32. The molecule has 1 N–H and O–H groups in total. The molecule has 8 heteroatoms. The fourth-order valence-electron chi connectivity index (χ4n) is 2.32. The van der Waals surface area contributed by atoms with Crippen molar-refractivity contribution in [2.24, 2.45) is 0 Å². The van der Waals surface area contributed by atoms with E-state index in [1.165, 1.54) is 0 Å². The molecule has 2 aliphatic rings. The fraction of sp³-hybridized carbons (Fsp3) is 0.125. The summed E-state index contributed by atoms with van der Waals surface area (Å²) in [5.74, 6) is -0.824. The van der Waals surface area contributed by atoms with Gasteiger partial charge in [-0.25, -0.2) is 0 Å². The first-order chi connectivity index (χ1) is 11.6. The van der Waals surface area contributed by atoms with Crippen LogP contribution in [0.15, 0.2) is 48.5 Å². The van der Waals surface area contributed by atoms with Crippen molar-refractivity contribution >= 4 is 18.9 Å². The summed E-state index contributed by atoms with van der Waals surface area (Å²) in [7, 11) is 3.75. The maximum Gasteiger partial charge on any atom is 1.00 e. The van der Waals surface area contributed by atoms with Crippen LogP contribution in [0.4, 0.5) is 0 Å². The van der Waals surface area contributed by atoms with Crippen molar-refractivity contribution in [2.45, 2.75) is 0 Å². The molecular weight excluding hydrogens is 313 g/mol. The van der Waals surface area contributed by atoms with E-state index in [4.69, 9.17) is 18.6 Å². The highest BCUT2D eigenvalue weighted by atomic mass is 16.9. The molecule has 0 fully saturated rings. The maximum absolute atomic E-state index is 12.0. The Balaban J connectivity index is 0.000000528. The SMILES string of the molecule is CNC.O=C1O[B-]2(OC(=O)c3ccccc3O2)Oc2ccccc21.[H+]. The molecule has 2 aliphatic heterocycles. The van der Waals surface area contributed by atoms with Crippen molar-refractivity contribution in [1.82, 2.24) is 5.32 Å². The van der Waals surface area contributed by atoms with Crippen LogP contribution in [-0.4, -0.2) is 33.0 Å². The lowest BCUT2D eigenvalue weighted by atomic mass is 9.96. The van der Waals surface area contributed by atoms with E-state index in [-0.39, 0.29) is 24.1 Å². The van der Waals surface area contributed by atoms with Crippen LogP contribution in [0.25, 0.3) is 0 Å². The van der Waals surface area contributed by atoms with E-state index < -0.39 is 18.9 Å². The highest BCUT2D eigenvalue weighted by Crippen LogP contribution is 2.35. The normalized spacial score (nSPS) is 16.2. The predicted octanol–water partition coefficient (Wildman–Crippen LogP) is 1.87. The molecule has 2 heterocycles. The first-order valence-electron chi connectivity index (χ1n) is 7.32. The lowest BCUT2D eigenvalue weighted by Crippen LogP contribution is -2.61. The van der Waals surface area contributed by atoms with Crippen LogP contribution in [-0.2, 0) is 9.31 Å². The summed E-state index contributed by atoms with van der Waals surface area (Å²) in [6.07, 6.45) is 0. The molecule has 0 bridgehead atoms. The number of hydrogen-bond donors (Lipinski definition) is 1. The van der Waals surface area contributed by atoms with Gasteiger partial charge in [-0.2, -0.15) is 0 Å². The molecule has 0 unspecified atom stereocenters. The molecule has 0 radical (unpaired) electrons. The van der Waals surface area contributed by atoms with Crippen LogP contribution < -0.4 is 14.6 Å². The van der Waals surface area contributed by atoms with Crippen molar-refractivity contribution in [3.63, 3.8) is 0 Å². The van der Waals surface area contributed by atoms with Gasteiger partial charge in [0.2, 0.25) is 0 Å². The predicted molar refractivity (Wildman–Crippen MR) is 86.8 cm³/mol. The standard InChI is InChI=1S/C14H8BO6.C2H7N/c16-13-9-5-1-3-7-11(9)18-15(20-13)19-12-8-4-2-6-10(12)14(17)21-15;1-3-2/h1-8H;3H,1-2H3/q-1;/p+1. The second-order valence-corrected chi connectivity index (χ2v) is 5.12. The van der Waals surface area contributed by atoms with Crippen molar-refractivity contribution in [2.75, 3.05) is 14.1 Å². The van der Waals surface area contributed by atoms with Crippen LogP contribution in [0.3, 0.4) is 0 Å². The smallest absolute Gasteiger partial charge is 0.610 e. The van der Waals surface area contributed by atoms with Gasteiger partial charge in [0.15, 0.2) is 0 Å². The van der Waals surface area contributed by atoms with Crippen molar-refractivity contribution in [1.29, 1.82) is 0 Å². The summed E-state index contributed by atoms with van der Waals surface area (Å²) in [6, 6.07) is 13.0. The zero-order valence-electron chi connectivity index (χ0n) is 14.1. The average Bonchev–Trinajstić information content (AvgIpc) is 2.55. The van der Waals surface area contributed by atoms with E-state index in [2.05, 4.69) is 5.32 Å². The van der Waals surface area contributed by atoms with Gasteiger partial charge in [-0.3, -0.25) is 9.59 Å². The van der Waals surface area contributed by atoms with Crippen molar-refractivity contribution in [3.05, 3.63) is 59.7 Å². The summed E-state index contributed by atoms with van der Waals surface area (Å²) >= 11 is 0. The number of para-hydroxylation sites is 2. The quantitative estimate of drug-likeness (QED) is 0.739. The minimum absolute atomic E-state index is 0. The number of benzene rings is 2. The van der Waals surface area contributed by atoms with Crippen LogP contribution in [0, 0.1) is 0 Å². The molecule has 0 atom stereocenters. The molecular formula is C16H16BNO6. The highest BCUT2D eigenvalue weighted by Gasteiger charge is 2.52. The number of hydrogen-bond acceptors (Lipinski definition) is 7. The molecule has 2 aromatic carbocycles. The summed E-state index contributed by atoms with van der Waals surface area (Å²) in [5.41, 5.74) is 0.506. The van der Waals surface area contributed by atoms with Gasteiger partial charge in [-0.05, 0) is 38.4 Å². The van der Waals surface area contributed by atoms with E-state index in [0.29, 0.717) is 0 Å². The monoisotopic (exact) mass is 329 g/mol. The first kappa shape index (κ1) is 15.9. The minimum atomic E-state index is -2.97. The Kier molecular flexibility index (Phi) is 4.14. The Labute approximate surface area is 140 Å². The van der Waals surface area contributed by atoms with E-state index in [0.717, 1.165) is 0 Å². The second-order valence-electron chi connectivity index (χ2n) is 5.12.